The van der Waals surface area contributed by atoms with Crippen LogP contribution in [0.15, 0.2) is 12.1 Å². The van der Waals surface area contributed by atoms with Crippen molar-refractivity contribution in [3.05, 3.63) is 23.5 Å². The molecule has 0 aliphatic rings. The summed E-state index contributed by atoms with van der Waals surface area (Å²) in [5.74, 6) is 0.929. The number of unbranched alkanes of at least 4 members (excludes halogenated alkanes) is 2. The van der Waals surface area contributed by atoms with Crippen molar-refractivity contribution in [2.24, 2.45) is 0 Å². The van der Waals surface area contributed by atoms with E-state index >= 15 is 0 Å². The van der Waals surface area contributed by atoms with E-state index in [0.717, 1.165) is 36.6 Å². The number of hydrogen-bond donors (Lipinski definition) is 1. The number of aromatic nitrogens is 1. The van der Waals surface area contributed by atoms with Crippen molar-refractivity contribution in [1.82, 2.24) is 10.3 Å². The van der Waals surface area contributed by atoms with Crippen LogP contribution in [-0.4, -0.2) is 24.7 Å². The molecule has 0 saturated heterocycles. The van der Waals surface area contributed by atoms with Gasteiger partial charge in [-0.05, 0) is 38.4 Å². The summed E-state index contributed by atoms with van der Waals surface area (Å²) in [6.07, 6.45) is 4.74. The summed E-state index contributed by atoms with van der Waals surface area (Å²) >= 11 is 0. The first kappa shape index (κ1) is 15.0. The number of aryl methyl sites for hydroxylation is 2. The minimum absolute atomic E-state index is 0.712. The largest absolute Gasteiger partial charge is 0.490 e. The quantitative estimate of drug-likeness (QED) is 0.684. The lowest BCUT2D eigenvalue weighted by molar-refractivity contribution is 0.309. The standard InChI is InChI=1S/C15H26N2O/c1-4-6-7-10-16-11-12-18-15-9-8-13(3)17-14(15)5-2/h8-9,16H,4-7,10-12H2,1-3H3. The Morgan fingerprint density at radius 3 is 2.72 bits per heavy atom. The van der Waals surface area contributed by atoms with Crippen LogP contribution in [0.5, 0.6) is 5.75 Å². The van der Waals surface area contributed by atoms with Crippen molar-refractivity contribution in [2.45, 2.75) is 46.5 Å². The molecule has 1 rings (SSSR count). The van der Waals surface area contributed by atoms with E-state index in [4.69, 9.17) is 4.74 Å². The van der Waals surface area contributed by atoms with Gasteiger partial charge in [-0.2, -0.15) is 0 Å². The number of ether oxygens (including phenoxy) is 1. The maximum Gasteiger partial charge on any atom is 0.140 e. The molecule has 0 aliphatic carbocycles. The van der Waals surface area contributed by atoms with Gasteiger partial charge in [0, 0.05) is 12.2 Å². The highest BCUT2D eigenvalue weighted by molar-refractivity contribution is 5.29. The molecule has 1 aromatic rings. The van der Waals surface area contributed by atoms with Crippen molar-refractivity contribution in [1.29, 1.82) is 0 Å². The third-order valence-corrected chi connectivity index (χ3v) is 2.90. The first-order chi connectivity index (χ1) is 8.77. The van der Waals surface area contributed by atoms with Crippen LogP contribution in [0.3, 0.4) is 0 Å². The van der Waals surface area contributed by atoms with Gasteiger partial charge in [-0.15, -0.1) is 0 Å². The second kappa shape index (κ2) is 8.92. The Morgan fingerprint density at radius 1 is 1.17 bits per heavy atom. The molecule has 0 unspecified atom stereocenters. The Labute approximate surface area is 111 Å². The lowest BCUT2D eigenvalue weighted by Gasteiger charge is -2.11. The van der Waals surface area contributed by atoms with Gasteiger partial charge < -0.3 is 10.1 Å². The highest BCUT2D eigenvalue weighted by atomic mass is 16.5. The van der Waals surface area contributed by atoms with Gasteiger partial charge >= 0.3 is 0 Å². The molecule has 0 amide bonds. The van der Waals surface area contributed by atoms with Crippen LogP contribution in [0, 0.1) is 6.92 Å². The summed E-state index contributed by atoms with van der Waals surface area (Å²) < 4.78 is 5.76. The van der Waals surface area contributed by atoms with E-state index in [1.807, 2.05) is 19.1 Å². The van der Waals surface area contributed by atoms with Gasteiger partial charge in [-0.3, -0.25) is 4.98 Å². The van der Waals surface area contributed by atoms with Crippen LogP contribution >= 0.6 is 0 Å². The maximum atomic E-state index is 5.76. The fourth-order valence-electron chi connectivity index (χ4n) is 1.84. The molecule has 1 aromatic heterocycles. The zero-order valence-electron chi connectivity index (χ0n) is 12.0. The summed E-state index contributed by atoms with van der Waals surface area (Å²) in [4.78, 5) is 4.49. The van der Waals surface area contributed by atoms with Crippen LogP contribution in [-0.2, 0) is 6.42 Å². The second-order valence-electron chi connectivity index (χ2n) is 4.56. The normalized spacial score (nSPS) is 10.6. The molecule has 0 bridgehead atoms. The average Bonchev–Trinajstić information content (AvgIpc) is 2.39. The smallest absolute Gasteiger partial charge is 0.140 e. The van der Waals surface area contributed by atoms with Gasteiger partial charge in [0.15, 0.2) is 0 Å². The number of pyridine rings is 1. The number of rotatable bonds is 9. The highest BCUT2D eigenvalue weighted by Gasteiger charge is 2.03. The molecule has 0 radical (unpaired) electrons. The Morgan fingerprint density at radius 2 is 2.00 bits per heavy atom. The molecule has 18 heavy (non-hydrogen) atoms. The Kier molecular flexibility index (Phi) is 7.42. The second-order valence-corrected chi connectivity index (χ2v) is 4.56. The SMILES string of the molecule is CCCCCNCCOc1ccc(C)nc1CC. The predicted molar refractivity (Wildman–Crippen MR) is 76.2 cm³/mol. The van der Waals surface area contributed by atoms with Crippen molar-refractivity contribution >= 4 is 0 Å². The Balaban J connectivity index is 2.22. The molecule has 1 N–H and O–H groups in total. The van der Waals surface area contributed by atoms with E-state index in [1.54, 1.807) is 0 Å². The van der Waals surface area contributed by atoms with Crippen molar-refractivity contribution < 1.29 is 4.74 Å². The van der Waals surface area contributed by atoms with Crippen LogP contribution in [0.25, 0.3) is 0 Å². The molecular weight excluding hydrogens is 224 g/mol. The van der Waals surface area contributed by atoms with E-state index in [2.05, 4.69) is 24.1 Å². The minimum Gasteiger partial charge on any atom is -0.490 e. The zero-order valence-corrected chi connectivity index (χ0v) is 12.0. The molecule has 0 spiro atoms. The first-order valence-corrected chi connectivity index (χ1v) is 7.08. The topological polar surface area (TPSA) is 34.1 Å². The summed E-state index contributed by atoms with van der Waals surface area (Å²) in [6.45, 7) is 9.05. The average molecular weight is 250 g/mol. The van der Waals surface area contributed by atoms with E-state index < -0.39 is 0 Å². The molecule has 0 atom stereocenters. The molecule has 3 heteroatoms. The number of nitrogens with one attached hydrogen (secondary N) is 1. The fraction of sp³-hybridized carbons (Fsp3) is 0.667. The molecule has 3 nitrogen and oxygen atoms in total. The molecule has 0 aromatic carbocycles. The fourth-order valence-corrected chi connectivity index (χ4v) is 1.84. The van der Waals surface area contributed by atoms with Crippen LogP contribution in [0.2, 0.25) is 0 Å². The molecule has 0 fully saturated rings. The van der Waals surface area contributed by atoms with Gasteiger partial charge in [-0.1, -0.05) is 26.7 Å². The van der Waals surface area contributed by atoms with Crippen LogP contribution < -0.4 is 10.1 Å². The lowest BCUT2D eigenvalue weighted by Crippen LogP contribution is -2.22. The minimum atomic E-state index is 0.712. The summed E-state index contributed by atoms with van der Waals surface area (Å²) in [5.41, 5.74) is 2.11. The van der Waals surface area contributed by atoms with E-state index in [9.17, 15) is 0 Å². The van der Waals surface area contributed by atoms with Gasteiger partial charge in [-0.25, -0.2) is 0 Å². The molecular formula is C15H26N2O. The Bertz CT molecular complexity index is 339. The van der Waals surface area contributed by atoms with E-state index in [1.165, 1.54) is 19.3 Å². The Hall–Kier alpha value is -1.09. The number of nitrogens with zero attached hydrogens (tertiary/aromatic N) is 1. The first-order valence-electron chi connectivity index (χ1n) is 7.08. The monoisotopic (exact) mass is 250 g/mol. The third kappa shape index (κ3) is 5.50. The molecule has 1 heterocycles. The summed E-state index contributed by atoms with van der Waals surface area (Å²) in [7, 11) is 0. The van der Waals surface area contributed by atoms with Crippen molar-refractivity contribution in [3.63, 3.8) is 0 Å². The van der Waals surface area contributed by atoms with Crippen molar-refractivity contribution in [2.75, 3.05) is 19.7 Å². The summed E-state index contributed by atoms with van der Waals surface area (Å²) in [5, 5.41) is 3.39. The summed E-state index contributed by atoms with van der Waals surface area (Å²) in [6, 6.07) is 4.03. The number of hydrogen-bond acceptors (Lipinski definition) is 3. The predicted octanol–water partition coefficient (Wildman–Crippen LogP) is 3.11. The van der Waals surface area contributed by atoms with Crippen LogP contribution in [0.4, 0.5) is 0 Å². The zero-order chi connectivity index (χ0) is 13.2. The molecule has 102 valence electrons. The van der Waals surface area contributed by atoms with Gasteiger partial charge in [0.2, 0.25) is 0 Å². The van der Waals surface area contributed by atoms with Crippen LogP contribution in [0.1, 0.15) is 44.5 Å². The van der Waals surface area contributed by atoms with Gasteiger partial charge in [0.25, 0.3) is 0 Å². The third-order valence-electron chi connectivity index (χ3n) is 2.90. The van der Waals surface area contributed by atoms with E-state index in [-0.39, 0.29) is 0 Å². The highest BCUT2D eigenvalue weighted by Crippen LogP contribution is 2.16. The molecule has 0 saturated carbocycles. The lowest BCUT2D eigenvalue weighted by atomic mass is 10.2. The van der Waals surface area contributed by atoms with Gasteiger partial charge in [0.05, 0.1) is 5.69 Å². The molecule has 0 aliphatic heterocycles. The van der Waals surface area contributed by atoms with Crippen molar-refractivity contribution in [3.8, 4) is 5.75 Å². The maximum absolute atomic E-state index is 5.76. The van der Waals surface area contributed by atoms with Gasteiger partial charge in [0.1, 0.15) is 12.4 Å². The van der Waals surface area contributed by atoms with E-state index in [0.29, 0.717) is 6.61 Å².